The van der Waals surface area contributed by atoms with Gasteiger partial charge in [-0.05, 0) is 38.5 Å². The maximum atomic E-state index is 11.4. The number of ether oxygens (including phenoxy) is 1. The molecule has 1 aromatic rings. The van der Waals surface area contributed by atoms with Crippen molar-refractivity contribution in [1.82, 2.24) is 5.32 Å². The summed E-state index contributed by atoms with van der Waals surface area (Å²) >= 11 is 0. The van der Waals surface area contributed by atoms with Crippen molar-refractivity contribution in [3.63, 3.8) is 0 Å². The summed E-state index contributed by atoms with van der Waals surface area (Å²) in [6.07, 6.45) is 0. The van der Waals surface area contributed by atoms with Crippen LogP contribution in [0.1, 0.15) is 31.9 Å². The number of benzene rings is 1. The number of esters is 1. The highest BCUT2D eigenvalue weighted by Crippen LogP contribution is 2.06. The van der Waals surface area contributed by atoms with Crippen molar-refractivity contribution in [2.24, 2.45) is 0 Å². The summed E-state index contributed by atoms with van der Waals surface area (Å²) in [4.78, 5) is 11.4. The lowest BCUT2D eigenvalue weighted by Crippen LogP contribution is -2.31. The van der Waals surface area contributed by atoms with Crippen molar-refractivity contribution in [2.75, 3.05) is 6.54 Å². The second-order valence-corrected chi connectivity index (χ2v) is 5.00. The number of rotatable bonds is 4. The Morgan fingerprint density at radius 2 is 1.94 bits per heavy atom. The first-order valence-corrected chi connectivity index (χ1v) is 5.82. The fourth-order valence-corrected chi connectivity index (χ4v) is 1.38. The topological polar surface area (TPSA) is 62.1 Å². The molecule has 0 unspecified atom stereocenters. The molecule has 0 aliphatic heterocycles. The Morgan fingerprint density at radius 1 is 1.33 bits per heavy atom. The van der Waals surface area contributed by atoms with Crippen LogP contribution >= 0.6 is 0 Å². The Labute approximate surface area is 108 Å². The molecule has 0 fully saturated rings. The Balaban J connectivity index is 2.33. The number of nitrogens with zero attached hydrogens (tertiary/aromatic N) is 1. The molecule has 18 heavy (non-hydrogen) atoms. The standard InChI is InChI=1S/C14H18N2O2/c1-14(2,3)18-13(17)10-16-9-12-6-4-11(8-15)5-7-12/h4-7,16H,9-10H2,1-3H3. The molecular formula is C14H18N2O2. The maximum Gasteiger partial charge on any atom is 0.320 e. The molecule has 0 saturated heterocycles. The highest BCUT2D eigenvalue weighted by molar-refractivity contribution is 5.72. The Kier molecular flexibility index (Phi) is 4.87. The van der Waals surface area contributed by atoms with E-state index >= 15 is 0 Å². The minimum Gasteiger partial charge on any atom is -0.459 e. The van der Waals surface area contributed by atoms with Crippen molar-refractivity contribution in [2.45, 2.75) is 32.9 Å². The van der Waals surface area contributed by atoms with Gasteiger partial charge in [0.2, 0.25) is 0 Å². The van der Waals surface area contributed by atoms with Crippen LogP contribution in [0, 0.1) is 11.3 Å². The van der Waals surface area contributed by atoms with E-state index in [0.29, 0.717) is 12.1 Å². The number of hydrogen-bond acceptors (Lipinski definition) is 4. The molecule has 96 valence electrons. The summed E-state index contributed by atoms with van der Waals surface area (Å²) in [5.41, 5.74) is 1.20. The lowest BCUT2D eigenvalue weighted by atomic mass is 10.1. The van der Waals surface area contributed by atoms with E-state index in [4.69, 9.17) is 10.00 Å². The van der Waals surface area contributed by atoms with E-state index in [2.05, 4.69) is 11.4 Å². The molecule has 4 heteroatoms. The van der Waals surface area contributed by atoms with E-state index in [1.165, 1.54) is 0 Å². The quantitative estimate of drug-likeness (QED) is 0.825. The second kappa shape index (κ2) is 6.18. The predicted molar refractivity (Wildman–Crippen MR) is 68.7 cm³/mol. The Bertz CT molecular complexity index is 438. The van der Waals surface area contributed by atoms with Crippen molar-refractivity contribution >= 4 is 5.97 Å². The molecule has 0 spiro atoms. The smallest absolute Gasteiger partial charge is 0.320 e. The second-order valence-electron chi connectivity index (χ2n) is 5.00. The van der Waals surface area contributed by atoms with E-state index in [0.717, 1.165) is 5.56 Å². The van der Waals surface area contributed by atoms with Crippen molar-refractivity contribution in [3.05, 3.63) is 35.4 Å². The first kappa shape index (κ1) is 14.2. The van der Waals surface area contributed by atoms with E-state index in [1.807, 2.05) is 32.9 Å². The maximum absolute atomic E-state index is 11.4. The zero-order valence-corrected chi connectivity index (χ0v) is 11.0. The minimum atomic E-state index is -0.451. The van der Waals surface area contributed by atoms with Gasteiger partial charge < -0.3 is 10.1 Å². The van der Waals surface area contributed by atoms with Crippen LogP contribution in [0.25, 0.3) is 0 Å². The van der Waals surface area contributed by atoms with Gasteiger partial charge in [0.15, 0.2) is 0 Å². The van der Waals surface area contributed by atoms with Gasteiger partial charge in [-0.1, -0.05) is 12.1 Å². The molecule has 1 N–H and O–H groups in total. The van der Waals surface area contributed by atoms with Gasteiger partial charge in [0.25, 0.3) is 0 Å². The van der Waals surface area contributed by atoms with Gasteiger partial charge in [-0.15, -0.1) is 0 Å². The van der Waals surface area contributed by atoms with Crippen LogP contribution in [0.2, 0.25) is 0 Å². The minimum absolute atomic E-state index is 0.178. The van der Waals surface area contributed by atoms with Gasteiger partial charge in [-0.25, -0.2) is 0 Å². The zero-order valence-electron chi connectivity index (χ0n) is 11.0. The van der Waals surface area contributed by atoms with E-state index in [1.54, 1.807) is 12.1 Å². The zero-order chi connectivity index (χ0) is 13.6. The number of hydrogen-bond donors (Lipinski definition) is 1. The normalized spacial score (nSPS) is 10.8. The van der Waals surface area contributed by atoms with Gasteiger partial charge in [0.05, 0.1) is 18.2 Å². The summed E-state index contributed by atoms with van der Waals surface area (Å²) in [6, 6.07) is 9.29. The fraction of sp³-hybridized carbons (Fsp3) is 0.429. The molecule has 0 aliphatic carbocycles. The van der Waals surface area contributed by atoms with Gasteiger partial charge >= 0.3 is 5.97 Å². The molecule has 0 aromatic heterocycles. The van der Waals surface area contributed by atoms with Gasteiger partial charge in [0.1, 0.15) is 5.60 Å². The van der Waals surface area contributed by atoms with Crippen LogP contribution in [-0.2, 0) is 16.1 Å². The molecule has 0 heterocycles. The number of nitriles is 1. The molecule has 1 rings (SSSR count). The van der Waals surface area contributed by atoms with Crippen LogP contribution in [0.15, 0.2) is 24.3 Å². The molecule has 1 aromatic carbocycles. The lowest BCUT2D eigenvalue weighted by Gasteiger charge is -2.19. The summed E-state index contributed by atoms with van der Waals surface area (Å²) in [5, 5.41) is 11.7. The van der Waals surface area contributed by atoms with Crippen LogP contribution in [0.3, 0.4) is 0 Å². The fourth-order valence-electron chi connectivity index (χ4n) is 1.38. The Hall–Kier alpha value is -1.86. The third kappa shape index (κ3) is 5.46. The summed E-state index contributed by atoms with van der Waals surface area (Å²) in [6.45, 7) is 6.27. The van der Waals surface area contributed by atoms with Crippen molar-refractivity contribution < 1.29 is 9.53 Å². The molecule has 0 atom stereocenters. The number of carbonyl (C=O) groups excluding carboxylic acids is 1. The molecular weight excluding hydrogens is 228 g/mol. The van der Waals surface area contributed by atoms with Crippen LogP contribution in [-0.4, -0.2) is 18.1 Å². The SMILES string of the molecule is CC(C)(C)OC(=O)CNCc1ccc(C#N)cc1. The highest BCUT2D eigenvalue weighted by Gasteiger charge is 2.15. The summed E-state index contributed by atoms with van der Waals surface area (Å²) in [5.74, 6) is -0.267. The number of carbonyl (C=O) groups is 1. The van der Waals surface area contributed by atoms with Crippen LogP contribution < -0.4 is 5.32 Å². The Morgan fingerprint density at radius 3 is 2.44 bits per heavy atom. The highest BCUT2D eigenvalue weighted by atomic mass is 16.6. The monoisotopic (exact) mass is 246 g/mol. The molecule has 0 amide bonds. The molecule has 0 aliphatic rings. The van der Waals surface area contributed by atoms with Crippen LogP contribution in [0.5, 0.6) is 0 Å². The average molecular weight is 246 g/mol. The van der Waals surface area contributed by atoms with Gasteiger partial charge in [-0.3, -0.25) is 4.79 Å². The van der Waals surface area contributed by atoms with Crippen molar-refractivity contribution in [1.29, 1.82) is 5.26 Å². The van der Waals surface area contributed by atoms with E-state index in [-0.39, 0.29) is 12.5 Å². The third-order valence-corrected chi connectivity index (χ3v) is 2.10. The van der Waals surface area contributed by atoms with E-state index in [9.17, 15) is 4.79 Å². The summed E-state index contributed by atoms with van der Waals surface area (Å²) < 4.78 is 5.17. The third-order valence-electron chi connectivity index (χ3n) is 2.10. The lowest BCUT2D eigenvalue weighted by molar-refractivity contribution is -0.153. The van der Waals surface area contributed by atoms with E-state index < -0.39 is 5.60 Å². The average Bonchev–Trinajstić information content (AvgIpc) is 2.27. The number of nitrogens with one attached hydrogen (secondary N) is 1. The van der Waals surface area contributed by atoms with Crippen LogP contribution in [0.4, 0.5) is 0 Å². The molecule has 0 saturated carbocycles. The molecule has 4 nitrogen and oxygen atoms in total. The largest absolute Gasteiger partial charge is 0.459 e. The predicted octanol–water partition coefficient (Wildman–Crippen LogP) is 1.99. The first-order chi connectivity index (χ1) is 8.40. The van der Waals surface area contributed by atoms with Gasteiger partial charge in [0, 0.05) is 6.54 Å². The molecule has 0 bridgehead atoms. The molecule has 0 radical (unpaired) electrons. The first-order valence-electron chi connectivity index (χ1n) is 5.82. The van der Waals surface area contributed by atoms with Gasteiger partial charge in [-0.2, -0.15) is 5.26 Å². The summed E-state index contributed by atoms with van der Waals surface area (Å²) in [7, 11) is 0. The van der Waals surface area contributed by atoms with Crippen molar-refractivity contribution in [3.8, 4) is 6.07 Å².